The number of piperidine rings is 1. The molecule has 0 saturated carbocycles. The molecule has 2 aliphatic rings. The summed E-state index contributed by atoms with van der Waals surface area (Å²) in [4.78, 5) is 20.4. The van der Waals surface area contributed by atoms with Crippen molar-refractivity contribution in [1.82, 2.24) is 25.1 Å². The first kappa shape index (κ1) is 19.6. The Bertz CT molecular complexity index is 666. The lowest BCUT2D eigenvalue weighted by atomic mass is 9.89. The maximum Gasteiger partial charge on any atom is 0.224 e. The van der Waals surface area contributed by atoms with E-state index in [1.807, 2.05) is 12.1 Å². The number of pyridine rings is 1. The standard InChI is InChI=1S/C16H20N6O.2ClH/c23-16(7-11-5-12-1-2-13(6-11)20-12)21-14-3-4-15(18-8-14)22-10-17-9-19-22;;/h3-4,8-13,20H,1-2,5-7H2,(H,21,23);2*1H. The minimum atomic E-state index is 0. The zero-order valence-corrected chi connectivity index (χ0v) is 15.3. The van der Waals surface area contributed by atoms with Gasteiger partial charge in [0.15, 0.2) is 5.82 Å². The number of amides is 1. The fraction of sp³-hybridized carbons (Fsp3) is 0.500. The molecular weight excluding hydrogens is 363 g/mol. The molecule has 2 aromatic heterocycles. The Morgan fingerprint density at radius 3 is 2.60 bits per heavy atom. The molecule has 136 valence electrons. The van der Waals surface area contributed by atoms with Crippen LogP contribution >= 0.6 is 24.8 Å². The van der Waals surface area contributed by atoms with E-state index in [0.717, 1.165) is 18.5 Å². The molecule has 2 unspecified atom stereocenters. The first-order valence-corrected chi connectivity index (χ1v) is 8.13. The second kappa shape index (κ2) is 8.60. The molecule has 0 aliphatic carbocycles. The fourth-order valence-electron chi connectivity index (χ4n) is 3.74. The summed E-state index contributed by atoms with van der Waals surface area (Å²) in [7, 11) is 0. The normalized spacial score (nSPS) is 24.1. The van der Waals surface area contributed by atoms with Crippen LogP contribution < -0.4 is 10.6 Å². The average molecular weight is 385 g/mol. The highest BCUT2D eigenvalue weighted by Crippen LogP contribution is 2.32. The van der Waals surface area contributed by atoms with Crippen molar-refractivity contribution in [3.8, 4) is 5.82 Å². The van der Waals surface area contributed by atoms with Gasteiger partial charge in [-0.1, -0.05) is 0 Å². The van der Waals surface area contributed by atoms with Crippen molar-refractivity contribution in [2.45, 2.75) is 44.2 Å². The summed E-state index contributed by atoms with van der Waals surface area (Å²) in [5.41, 5.74) is 0.718. The molecule has 4 rings (SSSR count). The molecule has 1 amide bonds. The lowest BCUT2D eigenvalue weighted by molar-refractivity contribution is -0.117. The van der Waals surface area contributed by atoms with Gasteiger partial charge in [-0.25, -0.2) is 14.6 Å². The van der Waals surface area contributed by atoms with Crippen molar-refractivity contribution in [1.29, 1.82) is 0 Å². The molecule has 7 nitrogen and oxygen atoms in total. The van der Waals surface area contributed by atoms with Gasteiger partial charge >= 0.3 is 0 Å². The van der Waals surface area contributed by atoms with Crippen LogP contribution in [0.1, 0.15) is 32.1 Å². The number of anilines is 1. The SMILES string of the molecule is Cl.Cl.O=C(CC1CC2CCC(C1)N2)Nc1ccc(-n2cncn2)nc1. The molecule has 2 aliphatic heterocycles. The van der Waals surface area contributed by atoms with Crippen LogP contribution in [0.5, 0.6) is 0 Å². The second-order valence-corrected chi connectivity index (χ2v) is 6.47. The van der Waals surface area contributed by atoms with Crippen molar-refractivity contribution in [3.05, 3.63) is 31.0 Å². The Balaban J connectivity index is 0.00000113. The van der Waals surface area contributed by atoms with Gasteiger partial charge in [-0.05, 0) is 43.7 Å². The van der Waals surface area contributed by atoms with Gasteiger partial charge in [-0.15, -0.1) is 24.8 Å². The van der Waals surface area contributed by atoms with Gasteiger partial charge in [0.1, 0.15) is 12.7 Å². The summed E-state index contributed by atoms with van der Waals surface area (Å²) in [5, 5.41) is 10.6. The Morgan fingerprint density at radius 2 is 2.00 bits per heavy atom. The Labute approximate surface area is 158 Å². The number of hydrogen-bond donors (Lipinski definition) is 2. The van der Waals surface area contributed by atoms with E-state index in [0.29, 0.717) is 30.2 Å². The van der Waals surface area contributed by atoms with E-state index >= 15 is 0 Å². The molecule has 2 N–H and O–H groups in total. The lowest BCUT2D eigenvalue weighted by Crippen LogP contribution is -2.39. The van der Waals surface area contributed by atoms with E-state index in [1.54, 1.807) is 17.2 Å². The molecule has 4 heterocycles. The summed E-state index contributed by atoms with van der Waals surface area (Å²) < 4.78 is 1.58. The zero-order chi connectivity index (χ0) is 15.6. The van der Waals surface area contributed by atoms with Crippen LogP contribution in [0.3, 0.4) is 0 Å². The molecule has 2 bridgehead atoms. The number of carbonyl (C=O) groups excluding carboxylic acids is 1. The Morgan fingerprint density at radius 1 is 1.24 bits per heavy atom. The van der Waals surface area contributed by atoms with Crippen LogP contribution in [0.25, 0.3) is 5.82 Å². The number of nitrogens with one attached hydrogen (secondary N) is 2. The van der Waals surface area contributed by atoms with Crippen molar-refractivity contribution < 1.29 is 4.79 Å². The predicted molar refractivity (Wildman–Crippen MR) is 99.6 cm³/mol. The van der Waals surface area contributed by atoms with Crippen molar-refractivity contribution in [2.24, 2.45) is 5.92 Å². The topological polar surface area (TPSA) is 84.7 Å². The van der Waals surface area contributed by atoms with Crippen LogP contribution in [-0.4, -0.2) is 37.7 Å². The third-order valence-electron chi connectivity index (χ3n) is 4.73. The van der Waals surface area contributed by atoms with Crippen LogP contribution in [0.15, 0.2) is 31.0 Å². The van der Waals surface area contributed by atoms with E-state index < -0.39 is 0 Å². The Hall–Kier alpha value is -1.70. The van der Waals surface area contributed by atoms with Crippen LogP contribution in [-0.2, 0) is 4.79 Å². The maximum atomic E-state index is 12.2. The van der Waals surface area contributed by atoms with Gasteiger partial charge in [0, 0.05) is 18.5 Å². The van der Waals surface area contributed by atoms with Gasteiger partial charge in [-0.3, -0.25) is 4.79 Å². The fourth-order valence-corrected chi connectivity index (χ4v) is 3.74. The van der Waals surface area contributed by atoms with E-state index in [9.17, 15) is 4.79 Å². The van der Waals surface area contributed by atoms with Gasteiger partial charge in [0.2, 0.25) is 5.91 Å². The highest BCUT2D eigenvalue weighted by Gasteiger charge is 2.34. The van der Waals surface area contributed by atoms with Gasteiger partial charge in [0.25, 0.3) is 0 Å². The van der Waals surface area contributed by atoms with Crippen molar-refractivity contribution in [2.75, 3.05) is 5.32 Å². The highest BCUT2D eigenvalue weighted by molar-refractivity contribution is 5.90. The monoisotopic (exact) mass is 384 g/mol. The summed E-state index contributed by atoms with van der Waals surface area (Å²) in [6.07, 6.45) is 10.1. The highest BCUT2D eigenvalue weighted by atomic mass is 35.5. The van der Waals surface area contributed by atoms with Crippen molar-refractivity contribution in [3.63, 3.8) is 0 Å². The smallest absolute Gasteiger partial charge is 0.224 e. The quantitative estimate of drug-likeness (QED) is 0.844. The Kier molecular flexibility index (Phi) is 6.75. The number of hydrogen-bond acceptors (Lipinski definition) is 5. The molecule has 9 heteroatoms. The minimum absolute atomic E-state index is 0. The first-order valence-electron chi connectivity index (χ1n) is 8.13. The summed E-state index contributed by atoms with van der Waals surface area (Å²) in [6, 6.07) is 4.90. The van der Waals surface area contributed by atoms with E-state index in [2.05, 4.69) is 25.7 Å². The summed E-state index contributed by atoms with van der Waals surface area (Å²) in [6.45, 7) is 0. The summed E-state index contributed by atoms with van der Waals surface area (Å²) >= 11 is 0. The number of aromatic nitrogens is 4. The molecule has 2 atom stereocenters. The van der Waals surface area contributed by atoms with Crippen LogP contribution in [0.4, 0.5) is 5.69 Å². The van der Waals surface area contributed by atoms with E-state index in [-0.39, 0.29) is 30.7 Å². The second-order valence-electron chi connectivity index (χ2n) is 6.47. The number of carbonyl (C=O) groups is 1. The largest absolute Gasteiger partial charge is 0.325 e. The molecule has 2 aromatic rings. The van der Waals surface area contributed by atoms with Gasteiger partial charge in [-0.2, -0.15) is 5.10 Å². The maximum absolute atomic E-state index is 12.2. The molecule has 2 saturated heterocycles. The third-order valence-corrected chi connectivity index (χ3v) is 4.73. The van der Waals surface area contributed by atoms with E-state index in [4.69, 9.17) is 0 Å². The number of halogens is 2. The zero-order valence-electron chi connectivity index (χ0n) is 13.7. The number of rotatable bonds is 4. The molecule has 0 spiro atoms. The van der Waals surface area contributed by atoms with Gasteiger partial charge < -0.3 is 10.6 Å². The van der Waals surface area contributed by atoms with Crippen molar-refractivity contribution >= 4 is 36.4 Å². The van der Waals surface area contributed by atoms with Crippen LogP contribution in [0.2, 0.25) is 0 Å². The van der Waals surface area contributed by atoms with Crippen LogP contribution in [0, 0.1) is 5.92 Å². The minimum Gasteiger partial charge on any atom is -0.325 e. The number of nitrogens with zero attached hydrogens (tertiary/aromatic N) is 4. The lowest BCUT2D eigenvalue weighted by Gasteiger charge is -2.28. The first-order chi connectivity index (χ1) is 11.3. The molecule has 0 radical (unpaired) electrons. The average Bonchev–Trinajstić information content (AvgIpc) is 3.18. The van der Waals surface area contributed by atoms with E-state index in [1.165, 1.54) is 19.2 Å². The predicted octanol–water partition coefficient (Wildman–Crippen LogP) is 2.37. The molecular formula is C16H22Cl2N6O. The van der Waals surface area contributed by atoms with Gasteiger partial charge in [0.05, 0.1) is 11.9 Å². The third kappa shape index (κ3) is 4.68. The number of fused-ring (bicyclic) bond motifs is 2. The molecule has 2 fully saturated rings. The molecule has 25 heavy (non-hydrogen) atoms. The summed E-state index contributed by atoms with van der Waals surface area (Å²) in [5.74, 6) is 1.25. The molecule has 0 aromatic carbocycles.